The van der Waals surface area contributed by atoms with Crippen LogP contribution in [0.1, 0.15) is 162 Å². The number of quaternary nitrogens is 1. The van der Waals surface area contributed by atoms with Crippen LogP contribution < -0.4 is 5.32 Å². The van der Waals surface area contributed by atoms with E-state index in [-0.39, 0.29) is 25.5 Å². The summed E-state index contributed by atoms with van der Waals surface area (Å²) in [5.74, 6) is -0.237. The molecule has 318 valence electrons. The van der Waals surface area contributed by atoms with Crippen LogP contribution in [0.25, 0.3) is 0 Å². The van der Waals surface area contributed by atoms with Crippen LogP contribution in [-0.2, 0) is 18.4 Å². The highest BCUT2D eigenvalue weighted by atomic mass is 31.2. The summed E-state index contributed by atoms with van der Waals surface area (Å²) in [6.45, 7) is 4.63. The maximum absolute atomic E-state index is 12.8. The molecule has 0 saturated carbocycles. The lowest BCUT2D eigenvalue weighted by Crippen LogP contribution is -2.45. The first-order valence-electron chi connectivity index (χ1n) is 21.8. The van der Waals surface area contributed by atoms with Gasteiger partial charge in [-0.3, -0.25) is 13.8 Å². The van der Waals surface area contributed by atoms with Gasteiger partial charge in [0.2, 0.25) is 5.91 Å². The Morgan fingerprint density at radius 2 is 1.09 bits per heavy atom. The first-order valence-corrected chi connectivity index (χ1v) is 23.3. The number of nitrogens with one attached hydrogen (secondary N) is 1. The van der Waals surface area contributed by atoms with Gasteiger partial charge in [-0.05, 0) is 57.8 Å². The van der Waals surface area contributed by atoms with Crippen molar-refractivity contribution in [3.63, 3.8) is 0 Å². The molecule has 55 heavy (non-hydrogen) atoms. The van der Waals surface area contributed by atoms with Gasteiger partial charge in [0, 0.05) is 6.42 Å². The number of amides is 1. The standard InChI is InChI=1S/C46H83N2O6P/c1-6-8-10-12-14-16-18-20-22-24-26-28-30-32-34-36-38-40-46(50)47-44(43-54-55(51,52)53-42-41-48(3,4)5)45(49)39-37-35-33-31-29-27-25-23-21-19-17-15-13-11-9-7-2/h8,10,14,16,20,22,26,28,32,34,37,39,44-45,49H,6-7,9,11-13,15,17-19,21,23-25,27,29-31,33,35-36,38,40-43H2,1-5H3,(H-,47,50,51,52)/p+1/b10-8-,16-14-,22-20-,28-26-,34-32-,39-37+. The van der Waals surface area contributed by atoms with Crippen molar-refractivity contribution in [1.82, 2.24) is 5.32 Å². The molecule has 8 nitrogen and oxygen atoms in total. The van der Waals surface area contributed by atoms with Gasteiger partial charge < -0.3 is 19.8 Å². The van der Waals surface area contributed by atoms with Gasteiger partial charge in [-0.2, -0.15) is 0 Å². The molecule has 0 aliphatic rings. The van der Waals surface area contributed by atoms with E-state index in [0.717, 1.165) is 57.8 Å². The molecular weight excluding hydrogens is 707 g/mol. The van der Waals surface area contributed by atoms with Crippen molar-refractivity contribution in [2.45, 2.75) is 174 Å². The molecule has 0 aromatic rings. The van der Waals surface area contributed by atoms with Crippen molar-refractivity contribution in [2.24, 2.45) is 0 Å². The average Bonchev–Trinajstić information content (AvgIpc) is 3.13. The summed E-state index contributed by atoms with van der Waals surface area (Å²) in [4.78, 5) is 23.1. The van der Waals surface area contributed by atoms with Crippen molar-refractivity contribution < 1.29 is 32.9 Å². The van der Waals surface area contributed by atoms with Crippen molar-refractivity contribution in [1.29, 1.82) is 0 Å². The Hall–Kier alpha value is -2.06. The van der Waals surface area contributed by atoms with E-state index in [2.05, 4.69) is 79.9 Å². The number of phosphoric acid groups is 1. The van der Waals surface area contributed by atoms with E-state index in [1.54, 1.807) is 6.08 Å². The van der Waals surface area contributed by atoms with Crippen LogP contribution in [0.5, 0.6) is 0 Å². The summed E-state index contributed by atoms with van der Waals surface area (Å²) >= 11 is 0. The Morgan fingerprint density at radius 3 is 1.58 bits per heavy atom. The van der Waals surface area contributed by atoms with E-state index in [1.165, 1.54) is 77.0 Å². The zero-order valence-electron chi connectivity index (χ0n) is 35.9. The number of likely N-dealkylation sites (N-methyl/N-ethyl adjacent to an activating group) is 1. The number of aliphatic hydroxyl groups is 1. The van der Waals surface area contributed by atoms with Gasteiger partial charge in [0.15, 0.2) is 0 Å². The minimum absolute atomic E-state index is 0.0474. The molecule has 0 saturated heterocycles. The lowest BCUT2D eigenvalue weighted by molar-refractivity contribution is -0.870. The number of unbranched alkanes of at least 4 members (excludes halogenated alkanes) is 15. The maximum Gasteiger partial charge on any atom is 0.472 e. The summed E-state index contributed by atoms with van der Waals surface area (Å²) in [6.07, 6.45) is 49.7. The van der Waals surface area contributed by atoms with E-state index in [4.69, 9.17) is 9.05 Å². The van der Waals surface area contributed by atoms with Crippen LogP contribution in [0.3, 0.4) is 0 Å². The molecule has 0 bridgehead atoms. The van der Waals surface area contributed by atoms with Gasteiger partial charge in [-0.1, -0.05) is 170 Å². The molecule has 9 heteroatoms. The molecule has 3 unspecified atom stereocenters. The predicted molar refractivity (Wildman–Crippen MR) is 235 cm³/mol. The highest BCUT2D eigenvalue weighted by Crippen LogP contribution is 2.43. The van der Waals surface area contributed by atoms with Crippen LogP contribution in [0.4, 0.5) is 0 Å². The Bertz CT molecular complexity index is 1120. The van der Waals surface area contributed by atoms with Crippen LogP contribution >= 0.6 is 7.82 Å². The van der Waals surface area contributed by atoms with Gasteiger partial charge in [0.1, 0.15) is 13.2 Å². The number of hydrogen-bond acceptors (Lipinski definition) is 5. The van der Waals surface area contributed by atoms with Crippen molar-refractivity contribution in [3.8, 4) is 0 Å². The van der Waals surface area contributed by atoms with Gasteiger partial charge in [0.05, 0.1) is 39.9 Å². The van der Waals surface area contributed by atoms with Gasteiger partial charge in [-0.15, -0.1) is 0 Å². The van der Waals surface area contributed by atoms with E-state index in [0.29, 0.717) is 17.4 Å². The van der Waals surface area contributed by atoms with Crippen LogP contribution in [0.15, 0.2) is 72.9 Å². The largest absolute Gasteiger partial charge is 0.472 e. The minimum atomic E-state index is -4.35. The molecule has 0 aliphatic heterocycles. The van der Waals surface area contributed by atoms with Crippen molar-refractivity contribution in [3.05, 3.63) is 72.9 Å². The molecule has 3 atom stereocenters. The normalized spacial score (nSPS) is 15.1. The zero-order chi connectivity index (χ0) is 40.7. The number of hydrogen-bond donors (Lipinski definition) is 3. The molecule has 1 amide bonds. The third-order valence-electron chi connectivity index (χ3n) is 9.18. The molecule has 0 radical (unpaired) electrons. The quantitative estimate of drug-likeness (QED) is 0.0249. The topological polar surface area (TPSA) is 105 Å². The second-order valence-corrected chi connectivity index (χ2v) is 17.1. The fourth-order valence-electron chi connectivity index (χ4n) is 5.72. The van der Waals surface area contributed by atoms with Gasteiger partial charge in [-0.25, -0.2) is 4.57 Å². The molecule has 0 aromatic carbocycles. The number of nitrogens with zero attached hydrogens (tertiary/aromatic N) is 1. The number of aliphatic hydroxyl groups excluding tert-OH is 1. The molecule has 0 spiro atoms. The highest BCUT2D eigenvalue weighted by Gasteiger charge is 2.27. The number of carbonyl (C=O) groups is 1. The summed E-state index contributed by atoms with van der Waals surface area (Å²) in [7, 11) is 1.52. The third-order valence-corrected chi connectivity index (χ3v) is 10.2. The van der Waals surface area contributed by atoms with Crippen LogP contribution in [-0.4, -0.2) is 73.4 Å². The fourth-order valence-corrected chi connectivity index (χ4v) is 6.46. The summed E-state index contributed by atoms with van der Waals surface area (Å²) in [5.41, 5.74) is 0. The molecule has 0 heterocycles. The van der Waals surface area contributed by atoms with Gasteiger partial charge >= 0.3 is 7.82 Å². The molecule has 0 fully saturated rings. The molecule has 0 aliphatic carbocycles. The second kappa shape index (κ2) is 37.5. The molecule has 3 N–H and O–H groups in total. The lowest BCUT2D eigenvalue weighted by Gasteiger charge is -2.25. The molecular formula is C46H84N2O6P+. The van der Waals surface area contributed by atoms with Crippen LogP contribution in [0, 0.1) is 0 Å². The number of allylic oxidation sites excluding steroid dienone is 11. The maximum atomic E-state index is 12.8. The van der Waals surface area contributed by atoms with Crippen molar-refractivity contribution >= 4 is 13.7 Å². The first-order chi connectivity index (χ1) is 26.5. The van der Waals surface area contributed by atoms with E-state index < -0.39 is 20.0 Å². The van der Waals surface area contributed by atoms with Crippen molar-refractivity contribution in [2.75, 3.05) is 40.9 Å². The minimum Gasteiger partial charge on any atom is -0.387 e. The Kier molecular flexibility index (Phi) is 36.1. The monoisotopic (exact) mass is 792 g/mol. The highest BCUT2D eigenvalue weighted by molar-refractivity contribution is 7.47. The number of phosphoric ester groups is 1. The number of rotatable bonds is 38. The Balaban J connectivity index is 4.57. The number of carbonyl (C=O) groups excluding carboxylic acids is 1. The Labute approximate surface area is 338 Å². The summed E-state index contributed by atoms with van der Waals surface area (Å²) in [5, 5.41) is 13.8. The van der Waals surface area contributed by atoms with E-state index in [1.807, 2.05) is 27.2 Å². The summed E-state index contributed by atoms with van der Waals surface area (Å²) in [6, 6.07) is -0.878. The van der Waals surface area contributed by atoms with Crippen LogP contribution in [0.2, 0.25) is 0 Å². The smallest absolute Gasteiger partial charge is 0.387 e. The van der Waals surface area contributed by atoms with Gasteiger partial charge in [0.25, 0.3) is 0 Å². The molecule has 0 rings (SSSR count). The van der Waals surface area contributed by atoms with E-state index >= 15 is 0 Å². The summed E-state index contributed by atoms with van der Waals surface area (Å²) < 4.78 is 23.5. The van der Waals surface area contributed by atoms with E-state index in [9.17, 15) is 19.4 Å². The lowest BCUT2D eigenvalue weighted by atomic mass is 10.0. The third kappa shape index (κ3) is 40.0. The Morgan fingerprint density at radius 1 is 0.636 bits per heavy atom. The zero-order valence-corrected chi connectivity index (χ0v) is 36.8. The predicted octanol–water partition coefficient (Wildman–Crippen LogP) is 12.0. The molecule has 0 aromatic heterocycles. The first kappa shape index (κ1) is 52.9. The SMILES string of the molecule is CC/C=C\C/C=C\C/C=C\C/C=C\C/C=C\CCCC(=O)NC(COP(=O)(O)OCC[N+](C)(C)C)C(O)/C=C/CCCCCCCCCCCCCCCC. The average molecular weight is 792 g/mol. The second-order valence-electron chi connectivity index (χ2n) is 15.7. The fraction of sp³-hybridized carbons (Fsp3) is 0.717.